The van der Waals surface area contributed by atoms with Crippen molar-refractivity contribution < 1.29 is 19.1 Å². The molecule has 0 radical (unpaired) electrons. The monoisotopic (exact) mass is 464 g/mol. The first-order chi connectivity index (χ1) is 11.8. The summed E-state index contributed by atoms with van der Waals surface area (Å²) in [5, 5.41) is 13.8. The molecule has 0 unspecified atom stereocenters. The molecule has 2 aromatic carbocycles. The van der Waals surface area contributed by atoms with Gasteiger partial charge in [-0.2, -0.15) is 0 Å². The highest BCUT2D eigenvalue weighted by molar-refractivity contribution is 9.11. The van der Waals surface area contributed by atoms with E-state index in [1.54, 1.807) is 12.1 Å². The summed E-state index contributed by atoms with van der Waals surface area (Å²) in [6.45, 7) is 0. The summed E-state index contributed by atoms with van der Waals surface area (Å²) >= 11 is 6.63. The highest BCUT2D eigenvalue weighted by Crippen LogP contribution is 2.28. The number of halogens is 2. The van der Waals surface area contributed by atoms with Gasteiger partial charge in [0.2, 0.25) is 0 Å². The Hall–Kier alpha value is -2.45. The molecule has 0 aliphatic carbocycles. The predicted octanol–water partition coefficient (Wildman–Crippen LogP) is 2.93. The van der Waals surface area contributed by atoms with E-state index >= 15 is 0 Å². The first-order valence-electron chi connectivity index (χ1n) is 6.91. The molecule has 1 heterocycles. The third-order valence-electron chi connectivity index (χ3n) is 3.37. The topological polar surface area (TPSA) is 99.4 Å². The Morgan fingerprint density at radius 1 is 1.04 bits per heavy atom. The molecule has 126 valence electrons. The molecule has 3 aromatic rings. The number of amides is 1. The van der Waals surface area contributed by atoms with Crippen LogP contribution in [0.4, 0.5) is 5.69 Å². The van der Waals surface area contributed by atoms with E-state index in [9.17, 15) is 19.5 Å². The minimum atomic E-state index is -1.32. The highest BCUT2D eigenvalue weighted by atomic mass is 79.9. The SMILES string of the molecule is O=C([O-])c1ccc(NC(=O)c2cc3cc(Br)cc(Br)c3oc2=O)cc1. The first-order valence-corrected chi connectivity index (χ1v) is 8.49. The average Bonchev–Trinajstić information content (AvgIpc) is 2.55. The van der Waals surface area contributed by atoms with E-state index in [4.69, 9.17) is 4.42 Å². The highest BCUT2D eigenvalue weighted by Gasteiger charge is 2.15. The minimum absolute atomic E-state index is 0.0158. The van der Waals surface area contributed by atoms with Crippen molar-refractivity contribution in [3.63, 3.8) is 0 Å². The number of aromatic carboxylic acids is 1. The van der Waals surface area contributed by atoms with Gasteiger partial charge in [0.05, 0.1) is 10.4 Å². The van der Waals surface area contributed by atoms with Crippen LogP contribution in [-0.4, -0.2) is 11.9 Å². The van der Waals surface area contributed by atoms with Crippen molar-refractivity contribution in [3.8, 4) is 0 Å². The van der Waals surface area contributed by atoms with Gasteiger partial charge in [0.15, 0.2) is 5.58 Å². The Balaban J connectivity index is 1.95. The van der Waals surface area contributed by atoms with Gasteiger partial charge in [0.1, 0.15) is 5.56 Å². The molecule has 1 N–H and O–H groups in total. The number of carboxylic acid groups (broad SMARTS) is 1. The smallest absolute Gasteiger partial charge is 0.349 e. The summed E-state index contributed by atoms with van der Waals surface area (Å²) < 4.78 is 6.55. The molecular weight excluding hydrogens is 458 g/mol. The Bertz CT molecular complexity index is 1060. The molecule has 0 bridgehead atoms. The number of carbonyl (C=O) groups excluding carboxylic acids is 2. The van der Waals surface area contributed by atoms with Gasteiger partial charge in [-0.25, -0.2) is 4.79 Å². The number of nitrogens with one attached hydrogen (secondary N) is 1. The van der Waals surface area contributed by atoms with Crippen molar-refractivity contribution in [2.45, 2.75) is 0 Å². The number of rotatable bonds is 3. The van der Waals surface area contributed by atoms with E-state index in [2.05, 4.69) is 37.2 Å². The fraction of sp³-hybridized carbons (Fsp3) is 0. The summed E-state index contributed by atoms with van der Waals surface area (Å²) in [4.78, 5) is 35.2. The zero-order valence-corrected chi connectivity index (χ0v) is 15.5. The van der Waals surface area contributed by atoms with Crippen LogP contribution < -0.4 is 16.0 Å². The van der Waals surface area contributed by atoms with Crippen molar-refractivity contribution in [1.29, 1.82) is 0 Å². The maximum Gasteiger partial charge on any atom is 0.349 e. The maximum absolute atomic E-state index is 12.3. The van der Waals surface area contributed by atoms with Crippen LogP contribution in [0.1, 0.15) is 20.7 Å². The number of fused-ring (bicyclic) bond motifs is 1. The van der Waals surface area contributed by atoms with E-state index < -0.39 is 17.5 Å². The molecule has 3 rings (SSSR count). The Morgan fingerprint density at radius 3 is 2.36 bits per heavy atom. The lowest BCUT2D eigenvalue weighted by molar-refractivity contribution is -0.255. The van der Waals surface area contributed by atoms with Gasteiger partial charge in [0, 0.05) is 15.5 Å². The molecule has 0 aliphatic heterocycles. The summed E-state index contributed by atoms with van der Waals surface area (Å²) in [6, 6.07) is 10.3. The van der Waals surface area contributed by atoms with Crippen LogP contribution in [0.25, 0.3) is 11.0 Å². The van der Waals surface area contributed by atoms with Crippen LogP contribution in [0.5, 0.6) is 0 Å². The second kappa shape index (κ2) is 6.81. The number of carbonyl (C=O) groups is 2. The molecule has 0 fully saturated rings. The quantitative estimate of drug-likeness (QED) is 0.599. The van der Waals surface area contributed by atoms with Gasteiger partial charge < -0.3 is 19.6 Å². The van der Waals surface area contributed by atoms with Crippen molar-refractivity contribution in [1.82, 2.24) is 0 Å². The Morgan fingerprint density at radius 2 is 1.72 bits per heavy atom. The molecule has 0 saturated carbocycles. The van der Waals surface area contributed by atoms with E-state index in [1.807, 2.05) is 0 Å². The Labute approximate surface area is 157 Å². The molecule has 0 spiro atoms. The molecule has 0 aliphatic rings. The summed E-state index contributed by atoms with van der Waals surface area (Å²) in [5.41, 5.74) is -0.285. The van der Waals surface area contributed by atoms with Gasteiger partial charge >= 0.3 is 5.63 Å². The third-order valence-corrected chi connectivity index (χ3v) is 4.42. The lowest BCUT2D eigenvalue weighted by Crippen LogP contribution is -2.22. The van der Waals surface area contributed by atoms with Crippen molar-refractivity contribution >= 4 is 60.4 Å². The van der Waals surface area contributed by atoms with Crippen molar-refractivity contribution in [2.75, 3.05) is 5.32 Å². The fourth-order valence-corrected chi connectivity index (χ4v) is 3.54. The van der Waals surface area contributed by atoms with E-state index in [0.717, 1.165) is 4.47 Å². The first kappa shape index (κ1) is 17.4. The van der Waals surface area contributed by atoms with Gasteiger partial charge in [-0.1, -0.05) is 28.1 Å². The maximum atomic E-state index is 12.3. The van der Waals surface area contributed by atoms with E-state index in [1.165, 1.54) is 30.3 Å². The third kappa shape index (κ3) is 3.64. The summed E-state index contributed by atoms with van der Waals surface area (Å²) in [5.74, 6) is -1.97. The van der Waals surface area contributed by atoms with Gasteiger partial charge in [-0.3, -0.25) is 4.79 Å². The van der Waals surface area contributed by atoms with Crippen molar-refractivity contribution in [3.05, 3.63) is 73.0 Å². The molecule has 1 amide bonds. The number of carboxylic acids is 1. The van der Waals surface area contributed by atoms with Crippen LogP contribution in [0.2, 0.25) is 0 Å². The lowest BCUT2D eigenvalue weighted by atomic mass is 10.1. The number of benzene rings is 2. The van der Waals surface area contributed by atoms with Crippen LogP contribution >= 0.6 is 31.9 Å². The average molecular weight is 466 g/mol. The van der Waals surface area contributed by atoms with Gasteiger partial charge in [0.25, 0.3) is 5.91 Å². The molecule has 25 heavy (non-hydrogen) atoms. The largest absolute Gasteiger partial charge is 0.545 e. The number of anilines is 1. The van der Waals surface area contributed by atoms with Crippen molar-refractivity contribution in [2.24, 2.45) is 0 Å². The molecule has 0 atom stereocenters. The van der Waals surface area contributed by atoms with Gasteiger partial charge in [-0.05, 0) is 51.8 Å². The molecule has 8 heteroatoms. The van der Waals surface area contributed by atoms with Crippen LogP contribution in [0.15, 0.2) is 60.6 Å². The van der Waals surface area contributed by atoms with Gasteiger partial charge in [-0.15, -0.1) is 0 Å². The number of hydrogen-bond donors (Lipinski definition) is 1. The fourth-order valence-electron chi connectivity index (χ4n) is 2.20. The summed E-state index contributed by atoms with van der Waals surface area (Å²) in [6.07, 6.45) is 0. The lowest BCUT2D eigenvalue weighted by Gasteiger charge is -2.07. The van der Waals surface area contributed by atoms with E-state index in [-0.39, 0.29) is 11.1 Å². The second-order valence-corrected chi connectivity index (χ2v) is 6.84. The number of hydrogen-bond acceptors (Lipinski definition) is 5. The molecule has 6 nitrogen and oxygen atoms in total. The Kier molecular flexibility index (Phi) is 4.73. The second-order valence-electron chi connectivity index (χ2n) is 5.07. The van der Waals surface area contributed by atoms with Crippen LogP contribution in [-0.2, 0) is 0 Å². The van der Waals surface area contributed by atoms with Crippen LogP contribution in [0, 0.1) is 0 Å². The zero-order valence-electron chi connectivity index (χ0n) is 12.3. The molecule has 1 aromatic heterocycles. The zero-order chi connectivity index (χ0) is 18.1. The summed E-state index contributed by atoms with van der Waals surface area (Å²) in [7, 11) is 0. The molecular formula is C17H8Br2NO5-. The van der Waals surface area contributed by atoms with E-state index in [0.29, 0.717) is 21.1 Å². The molecule has 0 saturated heterocycles. The van der Waals surface area contributed by atoms with Crippen LogP contribution in [0.3, 0.4) is 0 Å². The normalized spacial score (nSPS) is 10.6. The standard InChI is InChI=1S/C17H9Br2NO5/c18-10-5-9-6-12(17(24)25-14(9)13(19)7-10)15(21)20-11-3-1-8(2-4-11)16(22)23/h1-7H,(H,20,21)(H,22,23)/p-1. The minimum Gasteiger partial charge on any atom is -0.545 e. The predicted molar refractivity (Wildman–Crippen MR) is 96.6 cm³/mol.